The molecule has 0 bridgehead atoms. The Balaban J connectivity index is 1.70. The first-order valence-corrected chi connectivity index (χ1v) is 7.84. The molecule has 19 heavy (non-hydrogen) atoms. The van der Waals surface area contributed by atoms with Gasteiger partial charge in [-0.25, -0.2) is 0 Å². The fraction of sp³-hybridized carbons (Fsp3) is 0.647. The van der Waals surface area contributed by atoms with Crippen LogP contribution in [0.1, 0.15) is 68.5 Å². The molecular weight excluding hydrogens is 232 g/mol. The molecule has 0 amide bonds. The van der Waals surface area contributed by atoms with E-state index in [4.69, 9.17) is 5.73 Å². The first-order chi connectivity index (χ1) is 9.24. The maximum absolute atomic E-state index is 6.00. The van der Waals surface area contributed by atoms with Gasteiger partial charge < -0.3 is 11.1 Å². The Bertz CT molecular complexity index is 421. The average Bonchev–Trinajstić information content (AvgIpc) is 2.45. The Labute approximate surface area is 116 Å². The molecule has 2 heteroatoms. The van der Waals surface area contributed by atoms with E-state index in [1.54, 1.807) is 5.56 Å². The zero-order chi connectivity index (χ0) is 13.2. The van der Waals surface area contributed by atoms with Gasteiger partial charge in [0, 0.05) is 18.1 Å². The van der Waals surface area contributed by atoms with Crippen LogP contribution in [0.25, 0.3) is 0 Å². The van der Waals surface area contributed by atoms with Crippen molar-refractivity contribution in [3.8, 4) is 0 Å². The van der Waals surface area contributed by atoms with Crippen molar-refractivity contribution < 1.29 is 0 Å². The molecule has 2 atom stereocenters. The maximum atomic E-state index is 6.00. The van der Waals surface area contributed by atoms with Crippen LogP contribution < -0.4 is 11.1 Å². The molecule has 2 unspecified atom stereocenters. The molecule has 1 aromatic carbocycles. The van der Waals surface area contributed by atoms with Crippen LogP contribution in [0.4, 0.5) is 0 Å². The van der Waals surface area contributed by atoms with Gasteiger partial charge in [0.05, 0.1) is 0 Å². The van der Waals surface area contributed by atoms with Gasteiger partial charge in [0.15, 0.2) is 0 Å². The van der Waals surface area contributed by atoms with E-state index in [2.05, 4.69) is 36.5 Å². The molecule has 1 saturated carbocycles. The first kappa shape index (κ1) is 13.1. The number of nitrogens with one attached hydrogen (secondary N) is 1. The van der Waals surface area contributed by atoms with Crippen LogP contribution in [-0.4, -0.2) is 12.1 Å². The van der Waals surface area contributed by atoms with E-state index in [1.807, 2.05) is 0 Å². The highest BCUT2D eigenvalue weighted by Crippen LogP contribution is 2.37. The normalized spacial score (nSPS) is 34.8. The fourth-order valence-electron chi connectivity index (χ4n) is 3.75. The smallest absolute Gasteiger partial charge is 0.0325 e. The molecule has 0 aromatic heterocycles. The second-order valence-corrected chi connectivity index (χ2v) is 6.44. The van der Waals surface area contributed by atoms with Gasteiger partial charge >= 0.3 is 0 Å². The molecule has 0 spiro atoms. The quantitative estimate of drug-likeness (QED) is 0.852. The van der Waals surface area contributed by atoms with Crippen LogP contribution in [0, 0.1) is 0 Å². The second kappa shape index (κ2) is 5.64. The lowest BCUT2D eigenvalue weighted by molar-refractivity contribution is 0.298. The molecule has 0 saturated heterocycles. The van der Waals surface area contributed by atoms with Crippen LogP contribution in [0.5, 0.6) is 0 Å². The van der Waals surface area contributed by atoms with Gasteiger partial charge in [0.2, 0.25) is 0 Å². The molecule has 0 aliphatic heterocycles. The van der Waals surface area contributed by atoms with E-state index in [0.29, 0.717) is 24.0 Å². The van der Waals surface area contributed by atoms with Crippen LogP contribution >= 0.6 is 0 Å². The highest BCUT2D eigenvalue weighted by atomic mass is 15.0. The van der Waals surface area contributed by atoms with Crippen molar-refractivity contribution in [1.29, 1.82) is 0 Å². The molecule has 104 valence electrons. The van der Waals surface area contributed by atoms with Crippen LogP contribution in [0.3, 0.4) is 0 Å². The van der Waals surface area contributed by atoms with Crippen molar-refractivity contribution in [2.24, 2.45) is 5.73 Å². The Morgan fingerprint density at radius 3 is 2.37 bits per heavy atom. The lowest BCUT2D eigenvalue weighted by Crippen LogP contribution is -2.40. The van der Waals surface area contributed by atoms with Crippen molar-refractivity contribution in [2.75, 3.05) is 0 Å². The van der Waals surface area contributed by atoms with Gasteiger partial charge in [-0.15, -0.1) is 0 Å². The van der Waals surface area contributed by atoms with E-state index >= 15 is 0 Å². The summed E-state index contributed by atoms with van der Waals surface area (Å²) in [6.45, 7) is 2.36. The summed E-state index contributed by atoms with van der Waals surface area (Å²) in [4.78, 5) is 0. The van der Waals surface area contributed by atoms with Gasteiger partial charge in [-0.1, -0.05) is 31.2 Å². The van der Waals surface area contributed by atoms with Crippen molar-refractivity contribution >= 4 is 0 Å². The van der Waals surface area contributed by atoms with Gasteiger partial charge in [-0.3, -0.25) is 0 Å². The number of nitrogens with two attached hydrogens (primary N) is 1. The minimum absolute atomic E-state index is 0.441. The Morgan fingerprint density at radius 1 is 0.947 bits per heavy atom. The monoisotopic (exact) mass is 258 g/mol. The highest BCUT2D eigenvalue weighted by Gasteiger charge is 2.27. The van der Waals surface area contributed by atoms with Gasteiger partial charge in [-0.05, 0) is 55.6 Å². The second-order valence-electron chi connectivity index (χ2n) is 6.44. The summed E-state index contributed by atoms with van der Waals surface area (Å²) in [5.41, 5.74) is 9.09. The van der Waals surface area contributed by atoms with Crippen LogP contribution in [0.2, 0.25) is 0 Å². The minimum atomic E-state index is 0.441. The minimum Gasteiger partial charge on any atom is -0.328 e. The number of fused-ring (bicyclic) bond motifs is 1. The van der Waals surface area contributed by atoms with Crippen LogP contribution in [-0.2, 0) is 0 Å². The molecule has 1 fully saturated rings. The summed E-state index contributed by atoms with van der Waals surface area (Å²) in [6.07, 6.45) is 7.44. The molecule has 0 heterocycles. The predicted octanol–water partition coefficient (Wildman–Crippen LogP) is 3.48. The van der Waals surface area contributed by atoms with Gasteiger partial charge in [0.1, 0.15) is 0 Å². The Kier molecular flexibility index (Phi) is 3.90. The Hall–Kier alpha value is -0.860. The standard InChI is InChI=1S/C17H26N2/c1-12-6-11-17(16-5-3-2-4-15(12)16)19-14-9-7-13(18)8-10-14/h2-5,12-14,17,19H,6-11,18H2,1H3. The third kappa shape index (κ3) is 2.85. The molecule has 2 nitrogen and oxygen atoms in total. The summed E-state index contributed by atoms with van der Waals surface area (Å²) in [6, 6.07) is 10.7. The van der Waals surface area contributed by atoms with E-state index < -0.39 is 0 Å². The topological polar surface area (TPSA) is 38.0 Å². The molecular formula is C17H26N2. The van der Waals surface area contributed by atoms with Crippen molar-refractivity contribution in [3.63, 3.8) is 0 Å². The third-order valence-electron chi connectivity index (χ3n) is 5.00. The molecule has 3 rings (SSSR count). The maximum Gasteiger partial charge on any atom is 0.0325 e. The fourth-order valence-corrected chi connectivity index (χ4v) is 3.75. The number of rotatable bonds is 2. The first-order valence-electron chi connectivity index (χ1n) is 7.84. The molecule has 2 aliphatic carbocycles. The molecule has 3 N–H and O–H groups in total. The number of hydrogen-bond donors (Lipinski definition) is 2. The lowest BCUT2D eigenvalue weighted by atomic mass is 9.80. The largest absolute Gasteiger partial charge is 0.328 e. The summed E-state index contributed by atoms with van der Waals surface area (Å²) in [7, 11) is 0. The summed E-state index contributed by atoms with van der Waals surface area (Å²) >= 11 is 0. The summed E-state index contributed by atoms with van der Waals surface area (Å²) in [5, 5.41) is 3.90. The van der Waals surface area contributed by atoms with Gasteiger partial charge in [0.25, 0.3) is 0 Å². The zero-order valence-electron chi connectivity index (χ0n) is 11.9. The SMILES string of the molecule is CC1CCC(NC2CCC(N)CC2)c2ccccc21. The highest BCUT2D eigenvalue weighted by molar-refractivity contribution is 5.35. The van der Waals surface area contributed by atoms with Crippen molar-refractivity contribution in [3.05, 3.63) is 35.4 Å². The van der Waals surface area contributed by atoms with E-state index in [0.717, 1.165) is 0 Å². The molecule has 2 aliphatic rings. The van der Waals surface area contributed by atoms with E-state index in [1.165, 1.54) is 44.1 Å². The number of hydrogen-bond acceptors (Lipinski definition) is 2. The predicted molar refractivity (Wildman–Crippen MR) is 80.2 cm³/mol. The third-order valence-corrected chi connectivity index (χ3v) is 5.00. The number of benzene rings is 1. The summed E-state index contributed by atoms with van der Waals surface area (Å²) < 4.78 is 0. The Morgan fingerprint density at radius 2 is 1.63 bits per heavy atom. The van der Waals surface area contributed by atoms with E-state index in [9.17, 15) is 0 Å². The van der Waals surface area contributed by atoms with E-state index in [-0.39, 0.29) is 0 Å². The molecule has 0 radical (unpaired) electrons. The van der Waals surface area contributed by atoms with Crippen molar-refractivity contribution in [1.82, 2.24) is 5.32 Å². The zero-order valence-corrected chi connectivity index (χ0v) is 11.9. The average molecular weight is 258 g/mol. The summed E-state index contributed by atoms with van der Waals surface area (Å²) in [5.74, 6) is 0.717. The molecule has 1 aromatic rings. The van der Waals surface area contributed by atoms with Crippen LogP contribution in [0.15, 0.2) is 24.3 Å². The van der Waals surface area contributed by atoms with Gasteiger partial charge in [-0.2, -0.15) is 0 Å². The lowest BCUT2D eigenvalue weighted by Gasteiger charge is -2.35. The van der Waals surface area contributed by atoms with Crippen molar-refractivity contribution in [2.45, 2.75) is 69.5 Å².